The van der Waals surface area contributed by atoms with Gasteiger partial charge in [0, 0.05) is 23.5 Å². The average molecular weight is 292 g/mol. The quantitative estimate of drug-likeness (QED) is 0.924. The van der Waals surface area contributed by atoms with Crippen LogP contribution in [0.3, 0.4) is 0 Å². The van der Waals surface area contributed by atoms with Crippen LogP contribution in [0.5, 0.6) is 0 Å². The molecule has 1 heterocycles. The minimum absolute atomic E-state index is 0.0601. The molecule has 16 heavy (non-hydrogen) atoms. The van der Waals surface area contributed by atoms with Crippen molar-refractivity contribution in [1.29, 1.82) is 0 Å². The van der Waals surface area contributed by atoms with Crippen LogP contribution >= 0.6 is 15.9 Å². The van der Waals surface area contributed by atoms with Gasteiger partial charge in [0.15, 0.2) is 0 Å². The normalized spacial score (nSPS) is 20.1. The molecule has 2 nitrogen and oxygen atoms in total. The molecule has 1 aromatic carbocycles. The van der Waals surface area contributed by atoms with E-state index < -0.39 is 11.6 Å². The summed E-state index contributed by atoms with van der Waals surface area (Å²) in [5, 5.41) is 2.80. The lowest BCUT2D eigenvalue weighted by Gasteiger charge is -2.12. The maximum absolute atomic E-state index is 13.4. The Morgan fingerprint density at radius 3 is 2.62 bits per heavy atom. The maximum atomic E-state index is 13.4. The first-order valence-corrected chi connectivity index (χ1v) is 5.92. The van der Waals surface area contributed by atoms with Crippen LogP contribution in [0.4, 0.5) is 14.5 Å². The molecule has 2 rings (SSSR count). The second kappa shape index (κ2) is 5.10. The first kappa shape index (κ1) is 11.8. The van der Waals surface area contributed by atoms with Gasteiger partial charge in [0.05, 0.1) is 6.61 Å². The number of nitrogens with one attached hydrogen (secondary N) is 1. The van der Waals surface area contributed by atoms with Crippen molar-refractivity contribution < 1.29 is 13.5 Å². The summed E-state index contributed by atoms with van der Waals surface area (Å²) in [6.45, 7) is 1.93. The molecule has 0 aliphatic carbocycles. The summed E-state index contributed by atoms with van der Waals surface area (Å²) in [5.74, 6) is -0.820. The smallest absolute Gasteiger partial charge is 0.150 e. The first-order valence-electron chi connectivity index (χ1n) is 5.13. The van der Waals surface area contributed by atoms with Gasteiger partial charge >= 0.3 is 0 Å². The van der Waals surface area contributed by atoms with Crippen LogP contribution in [0, 0.1) is 17.6 Å². The van der Waals surface area contributed by atoms with E-state index in [1.54, 1.807) is 0 Å². The summed E-state index contributed by atoms with van der Waals surface area (Å²) in [4.78, 5) is 0. The van der Waals surface area contributed by atoms with Crippen molar-refractivity contribution in [2.45, 2.75) is 6.42 Å². The lowest BCUT2D eigenvalue weighted by molar-refractivity contribution is 0.187. The number of halogens is 3. The Bertz CT molecular complexity index is 357. The molecule has 5 heteroatoms. The van der Waals surface area contributed by atoms with Gasteiger partial charge in [-0.2, -0.15) is 0 Å². The number of ether oxygens (including phenoxy) is 1. The zero-order valence-electron chi connectivity index (χ0n) is 8.60. The van der Waals surface area contributed by atoms with Crippen LogP contribution in [0.2, 0.25) is 0 Å². The number of anilines is 1. The molecule has 1 N–H and O–H groups in total. The van der Waals surface area contributed by atoms with Crippen molar-refractivity contribution in [1.82, 2.24) is 0 Å². The Kier molecular flexibility index (Phi) is 3.76. The van der Waals surface area contributed by atoms with Gasteiger partial charge in [-0.3, -0.25) is 0 Å². The van der Waals surface area contributed by atoms with Crippen molar-refractivity contribution in [2.75, 3.05) is 25.1 Å². The zero-order valence-corrected chi connectivity index (χ0v) is 10.2. The summed E-state index contributed by atoms with van der Waals surface area (Å²) in [6, 6.07) is 2.49. The van der Waals surface area contributed by atoms with Gasteiger partial charge in [0.1, 0.15) is 17.3 Å². The van der Waals surface area contributed by atoms with Crippen molar-refractivity contribution >= 4 is 21.6 Å². The molecule has 0 aromatic heterocycles. The van der Waals surface area contributed by atoms with Gasteiger partial charge in [-0.25, -0.2) is 8.78 Å². The fraction of sp³-hybridized carbons (Fsp3) is 0.455. The molecule has 1 unspecified atom stereocenters. The topological polar surface area (TPSA) is 21.3 Å². The van der Waals surface area contributed by atoms with E-state index in [2.05, 4.69) is 21.2 Å². The predicted molar refractivity (Wildman–Crippen MR) is 61.5 cm³/mol. The van der Waals surface area contributed by atoms with E-state index in [0.717, 1.165) is 13.0 Å². The minimum Gasteiger partial charge on any atom is -0.381 e. The Morgan fingerprint density at radius 2 is 2.06 bits per heavy atom. The molecule has 0 bridgehead atoms. The van der Waals surface area contributed by atoms with E-state index in [1.807, 2.05) is 0 Å². The molecule has 1 aromatic rings. The predicted octanol–water partition coefficient (Wildman–Crippen LogP) is 3.18. The molecular weight excluding hydrogens is 280 g/mol. The highest BCUT2D eigenvalue weighted by atomic mass is 79.9. The van der Waals surface area contributed by atoms with Gasteiger partial charge in [0.2, 0.25) is 0 Å². The maximum Gasteiger partial charge on any atom is 0.150 e. The number of hydrogen-bond donors (Lipinski definition) is 1. The molecule has 1 fully saturated rings. The number of rotatable bonds is 3. The van der Waals surface area contributed by atoms with Crippen molar-refractivity contribution in [2.24, 2.45) is 5.92 Å². The molecule has 0 radical (unpaired) electrons. The Balaban J connectivity index is 2.03. The van der Waals surface area contributed by atoms with Crippen molar-refractivity contribution in [3.63, 3.8) is 0 Å². The lowest BCUT2D eigenvalue weighted by atomic mass is 10.1. The Hall–Kier alpha value is -0.680. The molecular formula is C11H12BrF2NO. The van der Waals surface area contributed by atoms with Crippen LogP contribution in [0.1, 0.15) is 6.42 Å². The second-order valence-corrected chi connectivity index (χ2v) is 4.77. The van der Waals surface area contributed by atoms with Gasteiger partial charge in [-0.15, -0.1) is 0 Å². The fourth-order valence-corrected chi connectivity index (χ4v) is 2.10. The highest BCUT2D eigenvalue weighted by Crippen LogP contribution is 2.24. The van der Waals surface area contributed by atoms with E-state index in [0.29, 0.717) is 23.5 Å². The highest BCUT2D eigenvalue weighted by molar-refractivity contribution is 9.10. The molecule has 1 saturated heterocycles. The largest absolute Gasteiger partial charge is 0.381 e. The number of hydrogen-bond acceptors (Lipinski definition) is 2. The molecule has 88 valence electrons. The standard InChI is InChI=1S/C11H12BrF2NO/c12-8-3-9(13)11(10(14)4-8)15-5-7-1-2-16-6-7/h3-4,7,15H,1-2,5-6H2. The summed E-state index contributed by atoms with van der Waals surface area (Å²) < 4.78 is 32.4. The van der Waals surface area contributed by atoms with E-state index in [1.165, 1.54) is 12.1 Å². The Morgan fingerprint density at radius 1 is 1.38 bits per heavy atom. The first-order chi connectivity index (χ1) is 7.66. The van der Waals surface area contributed by atoms with Crippen molar-refractivity contribution in [3.05, 3.63) is 28.2 Å². The van der Waals surface area contributed by atoms with Crippen LogP contribution in [-0.2, 0) is 4.74 Å². The van der Waals surface area contributed by atoms with E-state index in [4.69, 9.17) is 4.74 Å². The highest BCUT2D eigenvalue weighted by Gasteiger charge is 2.17. The van der Waals surface area contributed by atoms with Crippen LogP contribution < -0.4 is 5.32 Å². The summed E-state index contributed by atoms with van der Waals surface area (Å²) in [7, 11) is 0. The molecule has 0 spiro atoms. The average Bonchev–Trinajstić information content (AvgIpc) is 2.68. The zero-order chi connectivity index (χ0) is 11.5. The second-order valence-electron chi connectivity index (χ2n) is 3.85. The van der Waals surface area contributed by atoms with Gasteiger partial charge in [0.25, 0.3) is 0 Å². The molecule has 1 aliphatic rings. The van der Waals surface area contributed by atoms with Crippen LogP contribution in [0.15, 0.2) is 16.6 Å². The summed E-state index contributed by atoms with van der Waals surface area (Å²) in [5.41, 5.74) is -0.0601. The van der Waals surface area contributed by atoms with Gasteiger partial charge in [-0.05, 0) is 18.6 Å². The monoisotopic (exact) mass is 291 g/mol. The van der Waals surface area contributed by atoms with Gasteiger partial charge in [-0.1, -0.05) is 15.9 Å². The third kappa shape index (κ3) is 2.71. The van der Waals surface area contributed by atoms with Crippen LogP contribution in [-0.4, -0.2) is 19.8 Å². The SMILES string of the molecule is Fc1cc(Br)cc(F)c1NCC1CCOC1. The van der Waals surface area contributed by atoms with E-state index >= 15 is 0 Å². The third-order valence-electron chi connectivity index (χ3n) is 2.60. The van der Waals surface area contributed by atoms with E-state index in [9.17, 15) is 8.78 Å². The Labute approximate surface area is 101 Å². The molecule has 0 amide bonds. The van der Waals surface area contributed by atoms with E-state index in [-0.39, 0.29) is 5.69 Å². The third-order valence-corrected chi connectivity index (χ3v) is 3.06. The summed E-state index contributed by atoms with van der Waals surface area (Å²) >= 11 is 3.04. The molecule has 1 atom stereocenters. The van der Waals surface area contributed by atoms with Crippen molar-refractivity contribution in [3.8, 4) is 0 Å². The van der Waals surface area contributed by atoms with Crippen LogP contribution in [0.25, 0.3) is 0 Å². The number of benzene rings is 1. The molecule has 1 aliphatic heterocycles. The minimum atomic E-state index is -0.578. The molecule has 0 saturated carbocycles. The lowest BCUT2D eigenvalue weighted by Crippen LogP contribution is -2.15. The fourth-order valence-electron chi connectivity index (χ4n) is 1.70. The summed E-state index contributed by atoms with van der Waals surface area (Å²) in [6.07, 6.45) is 0.937. The van der Waals surface area contributed by atoms with Gasteiger partial charge < -0.3 is 10.1 Å².